The summed E-state index contributed by atoms with van der Waals surface area (Å²) in [6, 6.07) is 7.84. The van der Waals surface area contributed by atoms with Crippen LogP contribution in [0.1, 0.15) is 5.56 Å². The van der Waals surface area contributed by atoms with Gasteiger partial charge in [0.25, 0.3) is 0 Å². The molecule has 0 unspecified atom stereocenters. The highest BCUT2D eigenvalue weighted by Crippen LogP contribution is 2.33. The van der Waals surface area contributed by atoms with Crippen LogP contribution in [0.15, 0.2) is 47.4 Å². The first-order valence-electron chi connectivity index (χ1n) is 7.33. The minimum absolute atomic E-state index is 0.104. The highest BCUT2D eigenvalue weighted by Gasteiger charge is 2.31. The topological polar surface area (TPSA) is 84.5 Å². The Morgan fingerprint density at radius 3 is 2.33 bits per heavy atom. The molecule has 0 heterocycles. The highest BCUT2D eigenvalue weighted by atomic mass is 35.5. The summed E-state index contributed by atoms with van der Waals surface area (Å²) in [5, 5.41) is 2.03. The largest absolute Gasteiger partial charge is 0.497 e. The van der Waals surface area contributed by atoms with Crippen LogP contribution in [0.2, 0.25) is 5.02 Å². The molecular formula is C16H14ClF3N2O4S. The molecule has 2 N–H and O–H groups in total. The molecule has 0 atom stereocenters. The SMILES string of the molecule is COc1ccc(S(=O)(=O)NCC(=O)Nc2cc(C(F)(F)F)ccc2Cl)cc1. The van der Waals surface area contributed by atoms with Gasteiger partial charge in [-0.15, -0.1) is 0 Å². The molecule has 2 rings (SSSR count). The fourth-order valence-electron chi connectivity index (χ4n) is 1.99. The minimum atomic E-state index is -4.61. The Morgan fingerprint density at radius 1 is 1.15 bits per heavy atom. The van der Waals surface area contributed by atoms with Crippen molar-refractivity contribution in [3.63, 3.8) is 0 Å². The number of sulfonamides is 1. The van der Waals surface area contributed by atoms with Gasteiger partial charge in [0.15, 0.2) is 0 Å². The van der Waals surface area contributed by atoms with Crippen LogP contribution in [0, 0.1) is 0 Å². The third-order valence-corrected chi connectivity index (χ3v) is 5.11. The van der Waals surface area contributed by atoms with Gasteiger partial charge in [0.05, 0.1) is 34.8 Å². The third-order valence-electron chi connectivity index (χ3n) is 3.36. The van der Waals surface area contributed by atoms with Crippen molar-refractivity contribution < 1.29 is 31.1 Å². The zero-order valence-electron chi connectivity index (χ0n) is 13.8. The Kier molecular flexibility index (Phi) is 6.34. The molecule has 0 saturated carbocycles. The number of benzene rings is 2. The molecular weight excluding hydrogens is 409 g/mol. The number of carbonyl (C=O) groups excluding carboxylic acids is 1. The van der Waals surface area contributed by atoms with Crippen LogP contribution in [-0.2, 0) is 21.0 Å². The number of hydrogen-bond donors (Lipinski definition) is 2. The van der Waals surface area contributed by atoms with Crippen molar-refractivity contribution in [2.24, 2.45) is 0 Å². The van der Waals surface area contributed by atoms with E-state index >= 15 is 0 Å². The average Bonchev–Trinajstić information content (AvgIpc) is 2.61. The van der Waals surface area contributed by atoms with Crippen molar-refractivity contribution in [3.8, 4) is 5.75 Å². The lowest BCUT2D eigenvalue weighted by Crippen LogP contribution is -2.33. The average molecular weight is 423 g/mol. The Balaban J connectivity index is 2.05. The summed E-state index contributed by atoms with van der Waals surface area (Å²) in [7, 11) is -2.57. The first kappa shape index (κ1) is 21.0. The monoisotopic (exact) mass is 422 g/mol. The van der Waals surface area contributed by atoms with E-state index in [1.807, 2.05) is 0 Å². The normalized spacial score (nSPS) is 11.9. The van der Waals surface area contributed by atoms with Gasteiger partial charge in [0, 0.05) is 0 Å². The summed E-state index contributed by atoms with van der Waals surface area (Å²) in [6.07, 6.45) is -4.61. The molecule has 146 valence electrons. The summed E-state index contributed by atoms with van der Waals surface area (Å²) in [5.41, 5.74) is -1.28. The van der Waals surface area contributed by atoms with Gasteiger partial charge in [-0.2, -0.15) is 13.2 Å². The number of ether oxygens (including phenoxy) is 1. The molecule has 0 bridgehead atoms. The van der Waals surface area contributed by atoms with E-state index in [1.54, 1.807) is 0 Å². The van der Waals surface area contributed by atoms with Crippen molar-refractivity contribution in [1.82, 2.24) is 4.72 Å². The van der Waals surface area contributed by atoms with Gasteiger partial charge in [0.2, 0.25) is 15.9 Å². The van der Waals surface area contributed by atoms with Crippen LogP contribution in [0.25, 0.3) is 0 Å². The number of nitrogens with one attached hydrogen (secondary N) is 2. The lowest BCUT2D eigenvalue weighted by Gasteiger charge is -2.12. The van der Waals surface area contributed by atoms with Crippen LogP contribution in [0.3, 0.4) is 0 Å². The second-order valence-electron chi connectivity index (χ2n) is 5.24. The lowest BCUT2D eigenvalue weighted by atomic mass is 10.2. The predicted octanol–water partition coefficient (Wildman–Crippen LogP) is 3.28. The van der Waals surface area contributed by atoms with Crippen LogP contribution < -0.4 is 14.8 Å². The molecule has 2 aromatic carbocycles. The second kappa shape index (κ2) is 8.15. The molecule has 0 radical (unpaired) electrons. The molecule has 1 amide bonds. The van der Waals surface area contributed by atoms with E-state index in [4.69, 9.17) is 16.3 Å². The van der Waals surface area contributed by atoms with E-state index in [2.05, 4.69) is 10.0 Å². The molecule has 0 fully saturated rings. The van der Waals surface area contributed by atoms with Crippen molar-refractivity contribution in [2.45, 2.75) is 11.1 Å². The summed E-state index contributed by atoms with van der Waals surface area (Å²) in [5.74, 6) is -0.431. The van der Waals surface area contributed by atoms with Gasteiger partial charge >= 0.3 is 6.18 Å². The maximum Gasteiger partial charge on any atom is 0.416 e. The van der Waals surface area contributed by atoms with Gasteiger partial charge < -0.3 is 10.1 Å². The number of amides is 1. The number of halogens is 4. The third kappa shape index (κ3) is 5.59. The smallest absolute Gasteiger partial charge is 0.416 e. The summed E-state index contributed by atoms with van der Waals surface area (Å²) >= 11 is 5.77. The van der Waals surface area contributed by atoms with Crippen molar-refractivity contribution in [1.29, 1.82) is 0 Å². The summed E-state index contributed by atoms with van der Waals surface area (Å²) in [6.45, 7) is -0.694. The number of alkyl halides is 3. The quantitative estimate of drug-likeness (QED) is 0.748. The first-order chi connectivity index (χ1) is 12.5. The maximum atomic E-state index is 12.7. The fraction of sp³-hybridized carbons (Fsp3) is 0.188. The zero-order chi connectivity index (χ0) is 20.2. The minimum Gasteiger partial charge on any atom is -0.497 e. The Hall–Kier alpha value is -2.30. The number of rotatable bonds is 6. The number of anilines is 1. The molecule has 0 aromatic heterocycles. The predicted molar refractivity (Wildman–Crippen MR) is 93.3 cm³/mol. The second-order valence-corrected chi connectivity index (χ2v) is 7.41. The first-order valence-corrected chi connectivity index (χ1v) is 9.19. The van der Waals surface area contributed by atoms with Gasteiger partial charge in [-0.1, -0.05) is 11.6 Å². The Labute approximate surface area is 158 Å². The van der Waals surface area contributed by atoms with E-state index in [9.17, 15) is 26.4 Å². The number of hydrogen-bond acceptors (Lipinski definition) is 4. The number of carbonyl (C=O) groups is 1. The van der Waals surface area contributed by atoms with E-state index in [-0.39, 0.29) is 15.6 Å². The standard InChI is InChI=1S/C16H14ClF3N2O4S/c1-26-11-3-5-12(6-4-11)27(24,25)21-9-15(23)22-14-8-10(16(18,19)20)2-7-13(14)17/h2-8,21H,9H2,1H3,(H,22,23). The van der Waals surface area contributed by atoms with Crippen molar-refractivity contribution >= 4 is 33.2 Å². The van der Waals surface area contributed by atoms with E-state index < -0.39 is 34.2 Å². The van der Waals surface area contributed by atoms with Gasteiger partial charge in [-0.3, -0.25) is 4.79 Å². The van der Waals surface area contributed by atoms with E-state index in [0.29, 0.717) is 11.8 Å². The molecule has 0 saturated heterocycles. The summed E-state index contributed by atoms with van der Waals surface area (Å²) < 4.78 is 69.4. The Morgan fingerprint density at radius 2 is 1.78 bits per heavy atom. The van der Waals surface area contributed by atoms with Crippen LogP contribution >= 0.6 is 11.6 Å². The van der Waals surface area contributed by atoms with Gasteiger partial charge in [-0.05, 0) is 42.5 Å². The molecule has 2 aromatic rings. The fourth-order valence-corrected chi connectivity index (χ4v) is 3.14. The lowest BCUT2D eigenvalue weighted by molar-refractivity contribution is -0.137. The summed E-state index contributed by atoms with van der Waals surface area (Å²) in [4.78, 5) is 11.8. The van der Waals surface area contributed by atoms with Crippen LogP contribution in [-0.4, -0.2) is 28.0 Å². The zero-order valence-corrected chi connectivity index (χ0v) is 15.4. The molecule has 0 aliphatic rings. The Bertz CT molecular complexity index is 932. The van der Waals surface area contributed by atoms with Crippen molar-refractivity contribution in [2.75, 3.05) is 19.0 Å². The van der Waals surface area contributed by atoms with E-state index in [1.165, 1.54) is 31.4 Å². The van der Waals surface area contributed by atoms with Crippen LogP contribution in [0.4, 0.5) is 18.9 Å². The molecule has 0 spiro atoms. The molecule has 27 heavy (non-hydrogen) atoms. The molecule has 0 aliphatic carbocycles. The van der Waals surface area contributed by atoms with Gasteiger partial charge in [-0.25, -0.2) is 13.1 Å². The molecule has 11 heteroatoms. The van der Waals surface area contributed by atoms with Crippen LogP contribution in [0.5, 0.6) is 5.75 Å². The molecule has 6 nitrogen and oxygen atoms in total. The van der Waals surface area contributed by atoms with E-state index in [0.717, 1.165) is 12.1 Å². The molecule has 0 aliphatic heterocycles. The van der Waals surface area contributed by atoms with Gasteiger partial charge in [0.1, 0.15) is 5.75 Å². The van der Waals surface area contributed by atoms with Crippen molar-refractivity contribution in [3.05, 3.63) is 53.1 Å². The maximum absolute atomic E-state index is 12.7. The number of methoxy groups -OCH3 is 1. The highest BCUT2D eigenvalue weighted by molar-refractivity contribution is 7.89.